The van der Waals surface area contributed by atoms with Crippen molar-refractivity contribution in [1.29, 1.82) is 5.26 Å². The zero-order valence-corrected chi connectivity index (χ0v) is 16.1. The first-order valence-corrected chi connectivity index (χ1v) is 9.54. The van der Waals surface area contributed by atoms with E-state index in [0.29, 0.717) is 42.4 Å². The maximum atomic E-state index is 13.5. The van der Waals surface area contributed by atoms with E-state index in [1.54, 1.807) is 47.4 Å². The van der Waals surface area contributed by atoms with Gasteiger partial charge >= 0.3 is 0 Å². The summed E-state index contributed by atoms with van der Waals surface area (Å²) in [5.74, 6) is 0.542. The van der Waals surface area contributed by atoms with Gasteiger partial charge in [-0.15, -0.1) is 0 Å². The highest BCUT2D eigenvalue weighted by Gasteiger charge is 2.25. The van der Waals surface area contributed by atoms with Crippen LogP contribution < -0.4 is 10.1 Å². The Bertz CT molecular complexity index is 1080. The van der Waals surface area contributed by atoms with Crippen molar-refractivity contribution in [2.75, 3.05) is 19.6 Å². The van der Waals surface area contributed by atoms with E-state index in [1.807, 2.05) is 12.1 Å². The van der Waals surface area contributed by atoms with E-state index in [9.17, 15) is 9.18 Å². The number of amides is 1. The van der Waals surface area contributed by atoms with E-state index in [4.69, 9.17) is 10.00 Å². The number of hydrogen-bond donors (Lipinski definition) is 1. The van der Waals surface area contributed by atoms with Crippen LogP contribution in [0.4, 0.5) is 4.39 Å². The fourth-order valence-corrected chi connectivity index (χ4v) is 3.36. The molecular formula is C23H19FN4O2. The summed E-state index contributed by atoms with van der Waals surface area (Å²) in [7, 11) is 0. The fraction of sp³-hybridized carbons (Fsp3) is 0.174. The lowest BCUT2D eigenvalue weighted by molar-refractivity contribution is 0.0703. The number of benzene rings is 2. The van der Waals surface area contributed by atoms with Gasteiger partial charge in [-0.1, -0.05) is 12.1 Å². The molecule has 0 spiro atoms. The summed E-state index contributed by atoms with van der Waals surface area (Å²) in [6.45, 7) is 1.69. The van der Waals surface area contributed by atoms with Gasteiger partial charge in [0.15, 0.2) is 0 Å². The summed E-state index contributed by atoms with van der Waals surface area (Å²) in [6.07, 6.45) is 1.44. The summed E-state index contributed by atoms with van der Waals surface area (Å²) in [5.41, 5.74) is 1.83. The molecular weight excluding hydrogens is 383 g/mol. The number of nitrogens with zero attached hydrogens (tertiary/aromatic N) is 3. The van der Waals surface area contributed by atoms with Crippen molar-refractivity contribution < 1.29 is 13.9 Å². The number of nitrogens with one attached hydrogen (secondary N) is 1. The number of carbonyl (C=O) groups is 1. The third kappa shape index (κ3) is 4.45. The summed E-state index contributed by atoms with van der Waals surface area (Å²) in [4.78, 5) is 18.8. The molecule has 1 saturated heterocycles. The highest BCUT2D eigenvalue weighted by atomic mass is 19.1. The van der Waals surface area contributed by atoms with Gasteiger partial charge in [0.25, 0.3) is 5.91 Å². The largest absolute Gasteiger partial charge is 0.439 e. The first kappa shape index (κ1) is 19.6. The molecule has 0 radical (unpaired) electrons. The van der Waals surface area contributed by atoms with Crippen molar-refractivity contribution in [3.8, 4) is 17.7 Å². The van der Waals surface area contributed by atoms with E-state index in [-0.39, 0.29) is 17.8 Å². The molecule has 1 amide bonds. The van der Waals surface area contributed by atoms with E-state index in [0.717, 1.165) is 5.56 Å². The summed E-state index contributed by atoms with van der Waals surface area (Å²) < 4.78 is 19.2. The van der Waals surface area contributed by atoms with Gasteiger partial charge in [0.05, 0.1) is 11.6 Å². The molecule has 1 aromatic heterocycles. The lowest BCUT2D eigenvalue weighted by Crippen LogP contribution is -2.48. The van der Waals surface area contributed by atoms with Crippen LogP contribution in [0.2, 0.25) is 0 Å². The molecule has 1 fully saturated rings. The molecule has 150 valence electrons. The van der Waals surface area contributed by atoms with E-state index >= 15 is 0 Å². The van der Waals surface area contributed by atoms with Crippen molar-refractivity contribution >= 4 is 5.91 Å². The van der Waals surface area contributed by atoms with Crippen LogP contribution in [-0.4, -0.2) is 35.4 Å². The maximum Gasteiger partial charge on any atom is 0.253 e. The second kappa shape index (κ2) is 8.72. The van der Waals surface area contributed by atoms with Crippen LogP contribution in [-0.2, 0) is 0 Å². The molecule has 2 heterocycles. The summed E-state index contributed by atoms with van der Waals surface area (Å²) in [5, 5.41) is 12.2. The van der Waals surface area contributed by atoms with Crippen molar-refractivity contribution in [1.82, 2.24) is 15.2 Å². The Kier molecular flexibility index (Phi) is 5.68. The third-order valence-corrected chi connectivity index (χ3v) is 4.90. The molecule has 2 aromatic carbocycles. The van der Waals surface area contributed by atoms with Crippen LogP contribution in [0.5, 0.6) is 11.6 Å². The zero-order valence-electron chi connectivity index (χ0n) is 16.1. The van der Waals surface area contributed by atoms with Gasteiger partial charge in [-0.25, -0.2) is 9.37 Å². The molecule has 4 rings (SSSR count). The molecule has 7 heteroatoms. The number of ether oxygens (including phenoxy) is 1. The molecule has 0 bridgehead atoms. The number of nitriles is 1. The number of aromatic nitrogens is 1. The molecule has 0 saturated carbocycles. The maximum absolute atomic E-state index is 13.5. The number of halogens is 1. The number of rotatable bonds is 4. The minimum atomic E-state index is -0.287. The normalized spacial score (nSPS) is 16.0. The average molecular weight is 402 g/mol. The lowest BCUT2D eigenvalue weighted by atomic mass is 10.0. The number of carbonyl (C=O) groups excluding carboxylic acids is 1. The highest BCUT2D eigenvalue weighted by molar-refractivity contribution is 5.94. The molecule has 1 N–H and O–H groups in total. The Morgan fingerprint density at radius 1 is 1.20 bits per heavy atom. The van der Waals surface area contributed by atoms with Gasteiger partial charge in [0.2, 0.25) is 5.88 Å². The van der Waals surface area contributed by atoms with Gasteiger partial charge in [0.1, 0.15) is 17.6 Å². The second-order valence-corrected chi connectivity index (χ2v) is 6.94. The van der Waals surface area contributed by atoms with Crippen LogP contribution in [0.1, 0.15) is 27.5 Å². The molecule has 1 aliphatic rings. The fourth-order valence-electron chi connectivity index (χ4n) is 3.36. The monoisotopic (exact) mass is 402 g/mol. The van der Waals surface area contributed by atoms with E-state index in [1.165, 1.54) is 18.3 Å². The molecule has 3 aromatic rings. The highest BCUT2D eigenvalue weighted by Crippen LogP contribution is 2.22. The molecule has 0 aliphatic carbocycles. The second-order valence-electron chi connectivity index (χ2n) is 6.94. The summed E-state index contributed by atoms with van der Waals surface area (Å²) in [6, 6.07) is 18.4. The lowest BCUT2D eigenvalue weighted by Gasteiger charge is -2.34. The Labute approximate surface area is 173 Å². The topological polar surface area (TPSA) is 78.2 Å². The van der Waals surface area contributed by atoms with Crippen LogP contribution in [0.25, 0.3) is 0 Å². The van der Waals surface area contributed by atoms with Crippen LogP contribution in [0, 0.1) is 17.1 Å². The predicted octanol–water partition coefficient (Wildman–Crippen LogP) is 3.67. The Morgan fingerprint density at radius 3 is 2.73 bits per heavy atom. The quantitative estimate of drug-likeness (QED) is 0.720. The first-order chi connectivity index (χ1) is 14.6. The van der Waals surface area contributed by atoms with Crippen molar-refractivity contribution in [2.24, 2.45) is 0 Å². The molecule has 6 nitrogen and oxygen atoms in total. The van der Waals surface area contributed by atoms with Crippen LogP contribution >= 0.6 is 0 Å². The molecule has 30 heavy (non-hydrogen) atoms. The molecule has 1 aliphatic heterocycles. The van der Waals surface area contributed by atoms with Gasteiger partial charge in [-0.05, 0) is 48.0 Å². The first-order valence-electron chi connectivity index (χ1n) is 9.54. The van der Waals surface area contributed by atoms with Gasteiger partial charge < -0.3 is 15.0 Å². The minimum absolute atomic E-state index is 0.0825. The Morgan fingerprint density at radius 2 is 2.03 bits per heavy atom. The zero-order chi connectivity index (χ0) is 20.9. The SMILES string of the molecule is N#Cc1ccc(Oc2ccc(C(=O)N3CCNC(c4cccc(F)c4)C3)cc2)nc1. The van der Waals surface area contributed by atoms with E-state index in [2.05, 4.69) is 10.3 Å². The van der Waals surface area contributed by atoms with Gasteiger partial charge in [-0.3, -0.25) is 4.79 Å². The predicted molar refractivity (Wildman–Crippen MR) is 109 cm³/mol. The van der Waals surface area contributed by atoms with Crippen molar-refractivity contribution in [2.45, 2.75) is 6.04 Å². The van der Waals surface area contributed by atoms with Crippen molar-refractivity contribution in [3.05, 3.63) is 89.4 Å². The van der Waals surface area contributed by atoms with Crippen molar-refractivity contribution in [3.63, 3.8) is 0 Å². The Balaban J connectivity index is 1.42. The van der Waals surface area contributed by atoms with Crippen LogP contribution in [0.3, 0.4) is 0 Å². The van der Waals surface area contributed by atoms with E-state index < -0.39 is 0 Å². The standard InChI is InChI=1S/C23H19FN4O2/c24-19-3-1-2-18(12-19)21-15-28(11-10-26-21)23(29)17-5-7-20(8-6-17)30-22-9-4-16(13-25)14-27-22/h1-9,12,14,21,26H,10-11,15H2. The molecule has 1 atom stereocenters. The van der Waals surface area contributed by atoms with Gasteiger partial charge in [0, 0.05) is 37.5 Å². The van der Waals surface area contributed by atoms with Gasteiger partial charge in [-0.2, -0.15) is 5.26 Å². The Hall–Kier alpha value is -3.76. The third-order valence-electron chi connectivity index (χ3n) is 4.90. The summed E-state index contributed by atoms with van der Waals surface area (Å²) >= 11 is 0. The number of piperazine rings is 1. The minimum Gasteiger partial charge on any atom is -0.439 e. The molecule has 1 unspecified atom stereocenters. The number of hydrogen-bond acceptors (Lipinski definition) is 5. The smallest absolute Gasteiger partial charge is 0.253 e. The number of pyridine rings is 1. The van der Waals surface area contributed by atoms with Crippen LogP contribution in [0.15, 0.2) is 66.9 Å². The average Bonchev–Trinajstić information content (AvgIpc) is 2.80.